The highest BCUT2D eigenvalue weighted by Gasteiger charge is 2.40. The predicted octanol–water partition coefficient (Wildman–Crippen LogP) is 1.82. The van der Waals surface area contributed by atoms with Crippen LogP contribution in [0.15, 0.2) is 12.5 Å². The van der Waals surface area contributed by atoms with Gasteiger partial charge in [0, 0.05) is 32.4 Å². The highest BCUT2D eigenvalue weighted by atomic mass is 15.2. The van der Waals surface area contributed by atoms with Crippen molar-refractivity contribution < 1.29 is 0 Å². The standard InChI is InChI=1S/C15H26N4/c1-3-19-13-16-9-14(19)10-18-8-6-15(12-18)5-4-7-17(2)11-15/h9,13H,3-8,10-12H2,1-2H3. The van der Waals surface area contributed by atoms with Gasteiger partial charge >= 0.3 is 0 Å². The van der Waals surface area contributed by atoms with E-state index in [1.807, 2.05) is 12.5 Å². The lowest BCUT2D eigenvalue weighted by atomic mass is 9.79. The molecule has 0 aliphatic carbocycles. The molecule has 19 heavy (non-hydrogen) atoms. The van der Waals surface area contributed by atoms with Crippen LogP contribution in [0.2, 0.25) is 0 Å². The second-order valence-electron chi connectivity index (χ2n) is 6.47. The average molecular weight is 262 g/mol. The third kappa shape index (κ3) is 2.70. The Bertz CT molecular complexity index is 428. The van der Waals surface area contributed by atoms with E-state index in [9.17, 15) is 0 Å². The molecule has 0 amide bonds. The summed E-state index contributed by atoms with van der Waals surface area (Å²) in [4.78, 5) is 9.42. The summed E-state index contributed by atoms with van der Waals surface area (Å²) >= 11 is 0. The Morgan fingerprint density at radius 2 is 2.16 bits per heavy atom. The molecule has 1 aromatic rings. The van der Waals surface area contributed by atoms with Crippen molar-refractivity contribution in [2.24, 2.45) is 5.41 Å². The van der Waals surface area contributed by atoms with Crippen molar-refractivity contribution in [3.63, 3.8) is 0 Å². The Labute approximate surface area is 116 Å². The van der Waals surface area contributed by atoms with Gasteiger partial charge in [-0.2, -0.15) is 0 Å². The lowest BCUT2D eigenvalue weighted by Crippen LogP contribution is -2.42. The maximum Gasteiger partial charge on any atom is 0.0948 e. The first-order valence-corrected chi connectivity index (χ1v) is 7.61. The van der Waals surface area contributed by atoms with E-state index in [-0.39, 0.29) is 0 Å². The van der Waals surface area contributed by atoms with Crippen LogP contribution in [0.25, 0.3) is 0 Å². The summed E-state index contributed by atoms with van der Waals surface area (Å²) in [6.07, 6.45) is 8.15. The quantitative estimate of drug-likeness (QED) is 0.830. The molecule has 1 aromatic heterocycles. The first-order chi connectivity index (χ1) is 9.21. The molecule has 0 bridgehead atoms. The van der Waals surface area contributed by atoms with Crippen molar-refractivity contribution in [1.29, 1.82) is 0 Å². The number of aryl methyl sites for hydroxylation is 1. The van der Waals surface area contributed by atoms with Gasteiger partial charge in [0.25, 0.3) is 0 Å². The molecule has 1 spiro atoms. The zero-order valence-corrected chi connectivity index (χ0v) is 12.3. The van der Waals surface area contributed by atoms with Crippen molar-refractivity contribution in [2.75, 3.05) is 33.2 Å². The smallest absolute Gasteiger partial charge is 0.0948 e. The summed E-state index contributed by atoms with van der Waals surface area (Å²) in [5.74, 6) is 0. The molecule has 4 heteroatoms. The van der Waals surface area contributed by atoms with Crippen molar-refractivity contribution in [1.82, 2.24) is 19.4 Å². The van der Waals surface area contributed by atoms with E-state index in [1.54, 1.807) is 0 Å². The monoisotopic (exact) mass is 262 g/mol. The van der Waals surface area contributed by atoms with E-state index in [0.29, 0.717) is 5.41 Å². The van der Waals surface area contributed by atoms with Crippen LogP contribution < -0.4 is 0 Å². The molecule has 0 N–H and O–H groups in total. The van der Waals surface area contributed by atoms with E-state index in [4.69, 9.17) is 0 Å². The number of piperidine rings is 1. The molecule has 1 unspecified atom stereocenters. The van der Waals surface area contributed by atoms with Crippen LogP contribution in [0.4, 0.5) is 0 Å². The second-order valence-corrected chi connectivity index (χ2v) is 6.47. The first-order valence-electron chi connectivity index (χ1n) is 7.61. The number of nitrogens with zero attached hydrogens (tertiary/aromatic N) is 4. The Balaban J connectivity index is 1.63. The third-order valence-electron chi connectivity index (χ3n) is 4.89. The molecule has 106 valence electrons. The van der Waals surface area contributed by atoms with E-state index < -0.39 is 0 Å². The summed E-state index contributed by atoms with van der Waals surface area (Å²) < 4.78 is 2.26. The molecule has 3 rings (SSSR count). The zero-order valence-electron chi connectivity index (χ0n) is 12.3. The average Bonchev–Trinajstić information content (AvgIpc) is 2.97. The van der Waals surface area contributed by atoms with Gasteiger partial charge in [0.2, 0.25) is 0 Å². The normalized spacial score (nSPS) is 29.4. The van der Waals surface area contributed by atoms with Gasteiger partial charge in [-0.05, 0) is 51.7 Å². The van der Waals surface area contributed by atoms with Crippen molar-refractivity contribution >= 4 is 0 Å². The van der Waals surface area contributed by atoms with Crippen LogP contribution in [0, 0.1) is 5.41 Å². The summed E-state index contributed by atoms with van der Waals surface area (Å²) in [7, 11) is 2.27. The number of likely N-dealkylation sites (tertiary alicyclic amines) is 2. The van der Waals surface area contributed by atoms with Crippen LogP contribution in [-0.4, -0.2) is 52.6 Å². The van der Waals surface area contributed by atoms with Crippen molar-refractivity contribution in [3.8, 4) is 0 Å². The largest absolute Gasteiger partial charge is 0.334 e. The minimum Gasteiger partial charge on any atom is -0.334 e. The molecule has 2 fully saturated rings. The lowest BCUT2D eigenvalue weighted by molar-refractivity contribution is 0.112. The number of hydrogen-bond donors (Lipinski definition) is 0. The topological polar surface area (TPSA) is 24.3 Å². The fraction of sp³-hybridized carbons (Fsp3) is 0.800. The fourth-order valence-corrected chi connectivity index (χ4v) is 3.94. The Kier molecular flexibility index (Phi) is 3.63. The maximum atomic E-state index is 4.28. The van der Waals surface area contributed by atoms with Gasteiger partial charge in [0.1, 0.15) is 0 Å². The number of hydrogen-bond acceptors (Lipinski definition) is 3. The second kappa shape index (κ2) is 5.25. The third-order valence-corrected chi connectivity index (χ3v) is 4.89. The summed E-state index contributed by atoms with van der Waals surface area (Å²) in [6, 6.07) is 0. The Morgan fingerprint density at radius 3 is 2.95 bits per heavy atom. The van der Waals surface area contributed by atoms with Gasteiger partial charge in [0.15, 0.2) is 0 Å². The highest BCUT2D eigenvalue weighted by Crippen LogP contribution is 2.38. The van der Waals surface area contributed by atoms with E-state index >= 15 is 0 Å². The number of rotatable bonds is 3. The SMILES string of the molecule is CCn1cncc1CN1CCC2(CCCN(C)C2)C1. The van der Waals surface area contributed by atoms with Gasteiger partial charge in [-0.1, -0.05) is 0 Å². The summed E-state index contributed by atoms with van der Waals surface area (Å²) in [6.45, 7) is 9.37. The predicted molar refractivity (Wildman–Crippen MR) is 77.0 cm³/mol. The summed E-state index contributed by atoms with van der Waals surface area (Å²) in [5, 5.41) is 0. The van der Waals surface area contributed by atoms with Gasteiger partial charge < -0.3 is 9.47 Å². The van der Waals surface area contributed by atoms with Crippen LogP contribution >= 0.6 is 0 Å². The van der Waals surface area contributed by atoms with Gasteiger partial charge in [-0.25, -0.2) is 4.98 Å². The molecule has 0 aromatic carbocycles. The first kappa shape index (κ1) is 13.1. The molecule has 4 nitrogen and oxygen atoms in total. The van der Waals surface area contributed by atoms with Crippen LogP contribution in [0.1, 0.15) is 31.9 Å². The molecule has 2 saturated heterocycles. The minimum atomic E-state index is 0.573. The molecule has 1 atom stereocenters. The van der Waals surface area contributed by atoms with Gasteiger partial charge in [-0.15, -0.1) is 0 Å². The summed E-state index contributed by atoms with van der Waals surface area (Å²) in [5.41, 5.74) is 1.94. The van der Waals surface area contributed by atoms with Crippen molar-refractivity contribution in [2.45, 2.75) is 39.3 Å². The molecule has 2 aliphatic rings. The minimum absolute atomic E-state index is 0.573. The van der Waals surface area contributed by atoms with Crippen LogP contribution in [-0.2, 0) is 13.1 Å². The van der Waals surface area contributed by atoms with Gasteiger partial charge in [0.05, 0.1) is 12.0 Å². The van der Waals surface area contributed by atoms with E-state index in [2.05, 4.69) is 33.3 Å². The molecule has 0 saturated carbocycles. The Morgan fingerprint density at radius 1 is 1.26 bits per heavy atom. The fourth-order valence-electron chi connectivity index (χ4n) is 3.94. The lowest BCUT2D eigenvalue weighted by Gasteiger charge is -2.38. The van der Waals surface area contributed by atoms with E-state index in [0.717, 1.165) is 13.1 Å². The Hall–Kier alpha value is -0.870. The zero-order chi connectivity index (χ0) is 13.3. The molecule has 3 heterocycles. The molecular formula is C15H26N4. The molecular weight excluding hydrogens is 236 g/mol. The van der Waals surface area contributed by atoms with Gasteiger partial charge in [-0.3, -0.25) is 4.90 Å². The van der Waals surface area contributed by atoms with Crippen molar-refractivity contribution in [3.05, 3.63) is 18.2 Å². The molecule has 0 radical (unpaired) electrons. The highest BCUT2D eigenvalue weighted by molar-refractivity contribution is 5.01. The van der Waals surface area contributed by atoms with Crippen LogP contribution in [0.3, 0.4) is 0 Å². The number of imidazole rings is 1. The molecule has 2 aliphatic heterocycles. The van der Waals surface area contributed by atoms with E-state index in [1.165, 1.54) is 51.1 Å². The number of aromatic nitrogens is 2. The van der Waals surface area contributed by atoms with Crippen LogP contribution in [0.5, 0.6) is 0 Å². The maximum absolute atomic E-state index is 4.28.